The lowest BCUT2D eigenvalue weighted by molar-refractivity contribution is 0.0948. The van der Waals surface area contributed by atoms with Crippen LogP contribution in [0.3, 0.4) is 0 Å². The van der Waals surface area contributed by atoms with E-state index in [0.29, 0.717) is 11.4 Å². The zero-order valence-corrected chi connectivity index (χ0v) is 11.2. The van der Waals surface area contributed by atoms with Crippen LogP contribution in [0.15, 0.2) is 17.5 Å². The summed E-state index contributed by atoms with van der Waals surface area (Å²) in [7, 11) is 0. The first-order valence-electron chi connectivity index (χ1n) is 5.18. The summed E-state index contributed by atoms with van der Waals surface area (Å²) >= 11 is 3.12. The summed E-state index contributed by atoms with van der Waals surface area (Å²) < 4.78 is 2.28. The molecule has 2 rings (SSSR count). The van der Waals surface area contributed by atoms with Crippen LogP contribution in [0.1, 0.15) is 23.5 Å². The molecule has 0 fully saturated rings. The fourth-order valence-corrected chi connectivity index (χ4v) is 3.33. The van der Waals surface area contributed by atoms with E-state index < -0.39 is 5.41 Å². The molecular formula is C12H12N2OS2. The van der Waals surface area contributed by atoms with E-state index in [9.17, 15) is 4.79 Å². The maximum Gasteiger partial charge on any atom is 0.261 e. The van der Waals surface area contributed by atoms with Crippen LogP contribution in [-0.2, 0) is 0 Å². The summed E-state index contributed by atoms with van der Waals surface area (Å²) in [6, 6.07) is 6.08. The number of nitrogens with one attached hydrogen (secondary N) is 1. The van der Waals surface area contributed by atoms with Crippen molar-refractivity contribution in [3.63, 3.8) is 0 Å². The SMILES string of the molecule is CC(C)(C#N)CNC(=O)c1cc2sccc2s1. The molecule has 0 bridgehead atoms. The van der Waals surface area contributed by atoms with Crippen LogP contribution in [0.2, 0.25) is 0 Å². The lowest BCUT2D eigenvalue weighted by atomic mass is 9.96. The minimum absolute atomic E-state index is 0.0956. The number of rotatable bonds is 3. The molecule has 17 heavy (non-hydrogen) atoms. The molecule has 1 amide bonds. The third-order valence-corrected chi connectivity index (χ3v) is 4.45. The minimum atomic E-state index is -0.524. The molecular weight excluding hydrogens is 252 g/mol. The Morgan fingerprint density at radius 2 is 2.29 bits per heavy atom. The second kappa shape index (κ2) is 4.47. The molecule has 2 aromatic heterocycles. The standard InChI is InChI=1S/C12H12N2OS2/c1-12(2,6-13)7-14-11(15)10-5-9-8(17-10)3-4-16-9/h3-5H,7H2,1-2H3,(H,14,15). The first kappa shape index (κ1) is 12.1. The Labute approximate surface area is 108 Å². The minimum Gasteiger partial charge on any atom is -0.350 e. The van der Waals surface area contributed by atoms with Gasteiger partial charge in [0.1, 0.15) is 0 Å². The average molecular weight is 264 g/mol. The summed E-state index contributed by atoms with van der Waals surface area (Å²) in [4.78, 5) is 12.6. The molecule has 2 heterocycles. The number of carbonyl (C=O) groups is 1. The van der Waals surface area contributed by atoms with E-state index in [1.165, 1.54) is 11.3 Å². The Kier molecular flexibility index (Phi) is 3.18. The first-order valence-corrected chi connectivity index (χ1v) is 6.88. The molecule has 88 valence electrons. The molecule has 0 unspecified atom stereocenters. The lowest BCUT2D eigenvalue weighted by Crippen LogP contribution is -2.32. The third kappa shape index (κ3) is 2.65. The van der Waals surface area contributed by atoms with E-state index in [1.54, 1.807) is 25.2 Å². The molecule has 0 atom stereocenters. The van der Waals surface area contributed by atoms with Gasteiger partial charge in [0.25, 0.3) is 5.91 Å². The quantitative estimate of drug-likeness (QED) is 0.925. The third-order valence-electron chi connectivity index (χ3n) is 2.36. The molecule has 0 radical (unpaired) electrons. The molecule has 5 heteroatoms. The summed E-state index contributed by atoms with van der Waals surface area (Å²) in [6.45, 7) is 3.98. The van der Waals surface area contributed by atoms with Crippen molar-refractivity contribution in [1.29, 1.82) is 5.26 Å². The fourth-order valence-electron chi connectivity index (χ4n) is 1.31. The lowest BCUT2D eigenvalue weighted by Gasteiger charge is -2.15. The molecule has 0 aliphatic rings. The van der Waals surface area contributed by atoms with Gasteiger partial charge in [-0.2, -0.15) is 5.26 Å². The number of hydrogen-bond acceptors (Lipinski definition) is 4. The number of fused-ring (bicyclic) bond motifs is 1. The van der Waals surface area contributed by atoms with E-state index in [2.05, 4.69) is 11.4 Å². The van der Waals surface area contributed by atoms with Crippen molar-refractivity contribution in [1.82, 2.24) is 5.32 Å². The van der Waals surface area contributed by atoms with Crippen molar-refractivity contribution in [2.24, 2.45) is 5.41 Å². The summed E-state index contributed by atoms with van der Waals surface area (Å²) in [6.07, 6.45) is 0. The number of carbonyl (C=O) groups excluding carboxylic acids is 1. The number of hydrogen-bond donors (Lipinski definition) is 1. The van der Waals surface area contributed by atoms with Gasteiger partial charge in [0.05, 0.1) is 16.4 Å². The van der Waals surface area contributed by atoms with Gasteiger partial charge in [-0.25, -0.2) is 0 Å². The van der Waals surface area contributed by atoms with Crippen molar-refractivity contribution >= 4 is 38.0 Å². The number of nitriles is 1. The zero-order valence-electron chi connectivity index (χ0n) is 9.61. The van der Waals surface area contributed by atoms with Gasteiger partial charge in [0.2, 0.25) is 0 Å². The van der Waals surface area contributed by atoms with Gasteiger partial charge < -0.3 is 5.32 Å². The van der Waals surface area contributed by atoms with E-state index in [0.717, 1.165) is 9.40 Å². The van der Waals surface area contributed by atoms with Gasteiger partial charge in [-0.05, 0) is 31.4 Å². The van der Waals surface area contributed by atoms with Gasteiger partial charge in [-0.1, -0.05) is 0 Å². The highest BCUT2D eigenvalue weighted by Crippen LogP contribution is 2.29. The van der Waals surface area contributed by atoms with E-state index in [1.807, 2.05) is 17.5 Å². The molecule has 0 spiro atoms. The highest BCUT2D eigenvalue weighted by molar-refractivity contribution is 7.27. The van der Waals surface area contributed by atoms with Crippen LogP contribution in [0.4, 0.5) is 0 Å². The Balaban J connectivity index is 2.06. The fraction of sp³-hybridized carbons (Fsp3) is 0.333. The van der Waals surface area contributed by atoms with Crippen LogP contribution in [0, 0.1) is 16.7 Å². The summed E-state index contributed by atoms with van der Waals surface area (Å²) in [5.41, 5.74) is -0.524. The number of nitrogens with zero attached hydrogens (tertiary/aromatic N) is 1. The number of thiophene rings is 2. The van der Waals surface area contributed by atoms with Crippen molar-refractivity contribution < 1.29 is 4.79 Å². The van der Waals surface area contributed by atoms with Gasteiger partial charge in [0, 0.05) is 15.9 Å². The zero-order chi connectivity index (χ0) is 12.5. The van der Waals surface area contributed by atoms with Crippen molar-refractivity contribution in [3.05, 3.63) is 22.4 Å². The van der Waals surface area contributed by atoms with Crippen LogP contribution in [0.5, 0.6) is 0 Å². The Morgan fingerprint density at radius 1 is 1.53 bits per heavy atom. The monoisotopic (exact) mass is 264 g/mol. The van der Waals surface area contributed by atoms with Gasteiger partial charge in [-0.3, -0.25) is 4.79 Å². The smallest absolute Gasteiger partial charge is 0.261 e. The van der Waals surface area contributed by atoms with Crippen molar-refractivity contribution in [2.75, 3.05) is 6.54 Å². The molecule has 0 aromatic carbocycles. The maximum atomic E-state index is 11.9. The highest BCUT2D eigenvalue weighted by atomic mass is 32.1. The molecule has 1 N–H and O–H groups in total. The van der Waals surface area contributed by atoms with Crippen LogP contribution in [-0.4, -0.2) is 12.5 Å². The Hall–Kier alpha value is -1.38. The van der Waals surface area contributed by atoms with E-state index in [4.69, 9.17) is 5.26 Å². The maximum absolute atomic E-state index is 11.9. The molecule has 0 aliphatic carbocycles. The first-order chi connectivity index (χ1) is 8.02. The van der Waals surface area contributed by atoms with Crippen LogP contribution < -0.4 is 5.32 Å². The van der Waals surface area contributed by atoms with Crippen molar-refractivity contribution in [2.45, 2.75) is 13.8 Å². The molecule has 2 aromatic rings. The van der Waals surface area contributed by atoms with Gasteiger partial charge in [0.15, 0.2) is 0 Å². The van der Waals surface area contributed by atoms with E-state index >= 15 is 0 Å². The molecule has 0 saturated carbocycles. The largest absolute Gasteiger partial charge is 0.350 e. The van der Waals surface area contributed by atoms with Crippen LogP contribution >= 0.6 is 22.7 Å². The average Bonchev–Trinajstić information content (AvgIpc) is 2.86. The predicted octanol–water partition coefficient (Wildman–Crippen LogP) is 3.24. The number of amides is 1. The molecule has 0 saturated heterocycles. The summed E-state index contributed by atoms with van der Waals surface area (Å²) in [5.74, 6) is -0.0956. The van der Waals surface area contributed by atoms with Crippen LogP contribution in [0.25, 0.3) is 9.40 Å². The Morgan fingerprint density at radius 3 is 2.94 bits per heavy atom. The second-order valence-electron chi connectivity index (χ2n) is 4.44. The topological polar surface area (TPSA) is 52.9 Å². The summed E-state index contributed by atoms with van der Waals surface area (Å²) in [5, 5.41) is 13.7. The normalized spacial score (nSPS) is 11.4. The highest BCUT2D eigenvalue weighted by Gasteiger charge is 2.19. The van der Waals surface area contributed by atoms with E-state index in [-0.39, 0.29) is 5.91 Å². The molecule has 0 aliphatic heterocycles. The molecule has 3 nitrogen and oxygen atoms in total. The van der Waals surface area contributed by atoms with Gasteiger partial charge in [-0.15, -0.1) is 22.7 Å². The van der Waals surface area contributed by atoms with Crippen molar-refractivity contribution in [3.8, 4) is 6.07 Å². The second-order valence-corrected chi connectivity index (χ2v) is 6.47. The van der Waals surface area contributed by atoms with Gasteiger partial charge >= 0.3 is 0 Å². The predicted molar refractivity (Wildman–Crippen MR) is 71.4 cm³/mol. The Bertz CT molecular complexity index is 560.